The molecule has 0 aliphatic carbocycles. The summed E-state index contributed by atoms with van der Waals surface area (Å²) < 4.78 is 0. The van der Waals surface area contributed by atoms with Crippen LogP contribution in [0.25, 0.3) is 0 Å². The highest BCUT2D eigenvalue weighted by molar-refractivity contribution is 7.99. The highest BCUT2D eigenvalue weighted by Crippen LogP contribution is 2.32. The van der Waals surface area contributed by atoms with Gasteiger partial charge >= 0.3 is 6.03 Å². The van der Waals surface area contributed by atoms with Gasteiger partial charge in [0.1, 0.15) is 11.6 Å². The van der Waals surface area contributed by atoms with E-state index in [9.17, 15) is 4.79 Å². The number of aryl methyl sites for hydroxylation is 1. The summed E-state index contributed by atoms with van der Waals surface area (Å²) >= 11 is 1.46. The van der Waals surface area contributed by atoms with Gasteiger partial charge in [-0.15, -0.1) is 0 Å². The maximum absolute atomic E-state index is 11.5. The molecule has 0 saturated carbocycles. The summed E-state index contributed by atoms with van der Waals surface area (Å²) in [7, 11) is 3.60. The zero-order valence-electron chi connectivity index (χ0n) is 18.6. The SMILES string of the molecule is CNC(=O)Nc1ccc(Sc2nc(Nc3cc(C)[nH]n3)c(C)c(N(C)C(C)C)n2)cc1. The van der Waals surface area contributed by atoms with Crippen molar-refractivity contribution in [3.8, 4) is 0 Å². The van der Waals surface area contributed by atoms with Crippen LogP contribution in [0.3, 0.4) is 0 Å². The summed E-state index contributed by atoms with van der Waals surface area (Å²) in [6, 6.07) is 9.50. The number of benzene rings is 1. The van der Waals surface area contributed by atoms with Crippen LogP contribution in [0.4, 0.5) is 27.9 Å². The molecule has 2 amide bonds. The predicted octanol–water partition coefficient (Wildman–Crippen LogP) is 4.31. The number of nitrogens with one attached hydrogen (secondary N) is 4. The third kappa shape index (κ3) is 5.66. The van der Waals surface area contributed by atoms with E-state index in [1.54, 1.807) is 7.05 Å². The Kier molecular flexibility index (Phi) is 7.01. The van der Waals surface area contributed by atoms with Crippen LogP contribution in [-0.2, 0) is 0 Å². The van der Waals surface area contributed by atoms with Crippen LogP contribution in [-0.4, -0.2) is 46.3 Å². The first-order valence-corrected chi connectivity index (χ1v) is 10.8. The Morgan fingerprint density at radius 2 is 1.87 bits per heavy atom. The van der Waals surface area contributed by atoms with E-state index in [4.69, 9.17) is 9.97 Å². The summed E-state index contributed by atoms with van der Waals surface area (Å²) in [6.07, 6.45) is 0. The molecule has 164 valence electrons. The molecule has 0 unspecified atom stereocenters. The monoisotopic (exact) mass is 440 g/mol. The van der Waals surface area contributed by atoms with Crippen molar-refractivity contribution in [2.75, 3.05) is 29.6 Å². The number of carbonyl (C=O) groups is 1. The van der Waals surface area contributed by atoms with E-state index in [0.29, 0.717) is 22.5 Å². The lowest BCUT2D eigenvalue weighted by Gasteiger charge is -2.25. The molecule has 2 heterocycles. The molecule has 0 aliphatic heterocycles. The largest absolute Gasteiger partial charge is 0.357 e. The normalized spacial score (nSPS) is 10.8. The van der Waals surface area contributed by atoms with Gasteiger partial charge in [0, 0.05) is 48.0 Å². The second-order valence-corrected chi connectivity index (χ2v) is 8.44. The Hall–Kier alpha value is -3.27. The number of aromatic nitrogens is 4. The zero-order valence-corrected chi connectivity index (χ0v) is 19.4. The van der Waals surface area contributed by atoms with Crippen LogP contribution < -0.4 is 20.9 Å². The van der Waals surface area contributed by atoms with Crippen molar-refractivity contribution in [1.82, 2.24) is 25.5 Å². The molecule has 9 nitrogen and oxygen atoms in total. The number of hydrogen-bond donors (Lipinski definition) is 4. The number of urea groups is 1. The average Bonchev–Trinajstić information content (AvgIpc) is 3.15. The number of aromatic amines is 1. The van der Waals surface area contributed by atoms with Crippen LogP contribution in [0.2, 0.25) is 0 Å². The van der Waals surface area contributed by atoms with Gasteiger partial charge in [0.05, 0.1) is 0 Å². The lowest BCUT2D eigenvalue weighted by molar-refractivity contribution is 0.254. The van der Waals surface area contributed by atoms with E-state index in [0.717, 1.165) is 22.0 Å². The van der Waals surface area contributed by atoms with Gasteiger partial charge in [-0.25, -0.2) is 14.8 Å². The smallest absolute Gasteiger partial charge is 0.318 e. The Morgan fingerprint density at radius 3 is 2.45 bits per heavy atom. The second-order valence-electron chi connectivity index (χ2n) is 7.40. The fourth-order valence-electron chi connectivity index (χ4n) is 2.75. The Morgan fingerprint density at radius 1 is 1.16 bits per heavy atom. The van der Waals surface area contributed by atoms with E-state index in [2.05, 4.69) is 44.9 Å². The van der Waals surface area contributed by atoms with Crippen LogP contribution in [0.5, 0.6) is 0 Å². The Balaban J connectivity index is 1.90. The van der Waals surface area contributed by atoms with Crippen molar-refractivity contribution in [2.24, 2.45) is 0 Å². The third-order valence-corrected chi connectivity index (χ3v) is 5.58. The van der Waals surface area contributed by atoms with E-state index in [1.807, 2.05) is 51.2 Å². The number of amides is 2. The molecule has 0 radical (unpaired) electrons. The van der Waals surface area contributed by atoms with Crippen LogP contribution >= 0.6 is 11.8 Å². The third-order valence-electron chi connectivity index (χ3n) is 4.71. The van der Waals surface area contributed by atoms with E-state index in [-0.39, 0.29) is 12.1 Å². The molecule has 0 saturated heterocycles. The van der Waals surface area contributed by atoms with E-state index < -0.39 is 0 Å². The van der Waals surface area contributed by atoms with Gasteiger partial charge in [-0.2, -0.15) is 5.10 Å². The first-order chi connectivity index (χ1) is 14.8. The molecule has 2 aromatic heterocycles. The maximum atomic E-state index is 11.5. The molecule has 4 N–H and O–H groups in total. The fraction of sp³-hybridized carbons (Fsp3) is 0.333. The number of hydrogen-bond acceptors (Lipinski definition) is 7. The fourth-order valence-corrected chi connectivity index (χ4v) is 3.50. The van der Waals surface area contributed by atoms with Crippen molar-refractivity contribution in [3.05, 3.63) is 41.6 Å². The molecule has 0 aliphatic rings. The van der Waals surface area contributed by atoms with Gasteiger partial charge in [-0.3, -0.25) is 5.10 Å². The number of rotatable bonds is 7. The summed E-state index contributed by atoms with van der Waals surface area (Å²) in [4.78, 5) is 24.1. The van der Waals surface area contributed by atoms with Gasteiger partial charge in [-0.05, 0) is 63.7 Å². The van der Waals surface area contributed by atoms with Crippen molar-refractivity contribution in [2.45, 2.75) is 43.8 Å². The highest BCUT2D eigenvalue weighted by Gasteiger charge is 2.18. The molecular formula is C21H28N8OS. The van der Waals surface area contributed by atoms with Gasteiger partial charge in [0.2, 0.25) is 0 Å². The maximum Gasteiger partial charge on any atom is 0.318 e. The van der Waals surface area contributed by atoms with Crippen molar-refractivity contribution < 1.29 is 4.79 Å². The lowest BCUT2D eigenvalue weighted by Crippen LogP contribution is -2.28. The zero-order chi connectivity index (χ0) is 22.5. The van der Waals surface area contributed by atoms with Crippen molar-refractivity contribution in [1.29, 1.82) is 0 Å². The molecule has 31 heavy (non-hydrogen) atoms. The molecule has 0 spiro atoms. The molecule has 3 aromatic rings. The summed E-state index contributed by atoms with van der Waals surface area (Å²) in [6.45, 7) is 8.20. The number of nitrogens with zero attached hydrogens (tertiary/aromatic N) is 4. The van der Waals surface area contributed by atoms with Crippen molar-refractivity contribution in [3.63, 3.8) is 0 Å². The van der Waals surface area contributed by atoms with Crippen molar-refractivity contribution >= 4 is 40.9 Å². The van der Waals surface area contributed by atoms with Crippen LogP contribution in [0, 0.1) is 13.8 Å². The molecule has 0 fully saturated rings. The summed E-state index contributed by atoms with van der Waals surface area (Å²) in [5.74, 6) is 2.28. The van der Waals surface area contributed by atoms with Gasteiger partial charge in [0.25, 0.3) is 0 Å². The highest BCUT2D eigenvalue weighted by atomic mass is 32.2. The minimum atomic E-state index is -0.257. The quantitative estimate of drug-likeness (QED) is 0.405. The van der Waals surface area contributed by atoms with Gasteiger partial charge in [0.15, 0.2) is 11.0 Å². The molecule has 0 atom stereocenters. The average molecular weight is 441 g/mol. The van der Waals surface area contributed by atoms with E-state index in [1.165, 1.54) is 11.8 Å². The molecular weight excluding hydrogens is 412 g/mol. The topological polar surface area (TPSA) is 111 Å². The first-order valence-electron chi connectivity index (χ1n) is 9.94. The molecule has 3 rings (SSSR count). The Bertz CT molecular complexity index is 1050. The molecule has 0 bridgehead atoms. The second kappa shape index (κ2) is 9.69. The molecule has 10 heteroatoms. The minimum Gasteiger partial charge on any atom is -0.357 e. The number of carbonyl (C=O) groups excluding carboxylic acids is 1. The van der Waals surface area contributed by atoms with Crippen LogP contribution in [0.1, 0.15) is 25.1 Å². The van der Waals surface area contributed by atoms with Gasteiger partial charge in [-0.1, -0.05) is 0 Å². The number of H-pyrrole nitrogens is 1. The van der Waals surface area contributed by atoms with E-state index >= 15 is 0 Å². The lowest BCUT2D eigenvalue weighted by atomic mass is 10.2. The Labute approximate surface area is 186 Å². The first kappa shape index (κ1) is 22.4. The van der Waals surface area contributed by atoms with Gasteiger partial charge < -0.3 is 20.9 Å². The number of anilines is 4. The van der Waals surface area contributed by atoms with Crippen LogP contribution in [0.15, 0.2) is 40.4 Å². The predicted molar refractivity (Wildman–Crippen MR) is 126 cm³/mol. The molecule has 1 aromatic carbocycles. The minimum absolute atomic E-state index is 0.257. The standard InChI is InChI=1S/C21H28N8OS/c1-12(2)29(6)19-14(4)18(24-17-11-13(3)27-28-17)25-21(26-19)31-16-9-7-15(8-10-16)23-20(30)22-5/h7-12H,1-6H3,(H2,22,23,30)(H2,24,25,26,27,28). The summed E-state index contributed by atoms with van der Waals surface area (Å²) in [5.41, 5.74) is 2.63. The summed E-state index contributed by atoms with van der Waals surface area (Å²) in [5, 5.41) is 16.4.